The highest BCUT2D eigenvalue weighted by atomic mass is 35.5. The molecule has 0 spiro atoms. The predicted molar refractivity (Wildman–Crippen MR) is 64.3 cm³/mol. The summed E-state index contributed by atoms with van der Waals surface area (Å²) in [5.41, 5.74) is 0.235. The molecule has 1 N–H and O–H groups in total. The van der Waals surface area contributed by atoms with Gasteiger partial charge in [-0.05, 0) is 18.2 Å². The van der Waals surface area contributed by atoms with Crippen LogP contribution in [0.4, 0.5) is 10.1 Å². The van der Waals surface area contributed by atoms with Crippen molar-refractivity contribution in [2.24, 2.45) is 0 Å². The Morgan fingerprint density at radius 2 is 2.06 bits per heavy atom. The molecule has 0 unspecified atom stereocenters. The number of halogens is 2. The second-order valence-corrected chi connectivity index (χ2v) is 5.38. The minimum atomic E-state index is -3.89. The summed E-state index contributed by atoms with van der Waals surface area (Å²) < 4.78 is 38.9. The van der Waals surface area contributed by atoms with Crippen LogP contribution in [0.15, 0.2) is 41.7 Å². The van der Waals surface area contributed by atoms with Crippen LogP contribution in [0, 0.1) is 5.82 Å². The fourth-order valence-corrected chi connectivity index (χ4v) is 2.42. The molecular formula is C10H7ClFN3O2S. The van der Waals surface area contributed by atoms with Crippen LogP contribution >= 0.6 is 11.6 Å². The SMILES string of the molecule is O=S(=O)(Nc1ccnc(Cl)c1)c1cncc(F)c1. The molecule has 0 aliphatic carbocycles. The minimum absolute atomic E-state index is 0.146. The van der Waals surface area contributed by atoms with E-state index < -0.39 is 15.8 Å². The fourth-order valence-electron chi connectivity index (χ4n) is 1.22. The van der Waals surface area contributed by atoms with Gasteiger partial charge in [-0.25, -0.2) is 17.8 Å². The Kier molecular flexibility index (Phi) is 3.44. The number of anilines is 1. The normalized spacial score (nSPS) is 11.2. The molecule has 2 aromatic rings. The van der Waals surface area contributed by atoms with Crippen molar-refractivity contribution >= 4 is 27.3 Å². The quantitative estimate of drug-likeness (QED) is 0.877. The number of rotatable bonds is 3. The molecule has 94 valence electrons. The lowest BCUT2D eigenvalue weighted by Crippen LogP contribution is -2.13. The molecular weight excluding hydrogens is 281 g/mol. The molecule has 0 bridgehead atoms. The van der Waals surface area contributed by atoms with Gasteiger partial charge in [0.05, 0.1) is 11.9 Å². The summed E-state index contributed by atoms with van der Waals surface area (Å²) >= 11 is 5.63. The number of hydrogen-bond donors (Lipinski definition) is 1. The Hall–Kier alpha value is -1.73. The van der Waals surface area contributed by atoms with Crippen LogP contribution in [-0.4, -0.2) is 18.4 Å². The van der Waals surface area contributed by atoms with E-state index in [1.165, 1.54) is 18.3 Å². The van der Waals surface area contributed by atoms with Gasteiger partial charge in [-0.2, -0.15) is 0 Å². The van der Waals surface area contributed by atoms with E-state index in [1.807, 2.05) is 0 Å². The first-order valence-corrected chi connectivity index (χ1v) is 6.58. The summed E-state index contributed by atoms with van der Waals surface area (Å²) in [7, 11) is -3.89. The van der Waals surface area contributed by atoms with Crippen LogP contribution in [0.2, 0.25) is 5.15 Å². The highest BCUT2D eigenvalue weighted by Gasteiger charge is 2.15. The second kappa shape index (κ2) is 4.87. The number of nitrogens with one attached hydrogen (secondary N) is 1. The molecule has 0 aliphatic heterocycles. The summed E-state index contributed by atoms with van der Waals surface area (Å²) in [4.78, 5) is 6.92. The van der Waals surface area contributed by atoms with Crippen molar-refractivity contribution in [1.29, 1.82) is 0 Å². The molecule has 2 aromatic heterocycles. The van der Waals surface area contributed by atoms with Crippen molar-refractivity contribution < 1.29 is 12.8 Å². The highest BCUT2D eigenvalue weighted by Crippen LogP contribution is 2.17. The van der Waals surface area contributed by atoms with E-state index in [-0.39, 0.29) is 15.7 Å². The van der Waals surface area contributed by atoms with Gasteiger partial charge in [0.2, 0.25) is 0 Å². The Morgan fingerprint density at radius 1 is 1.28 bits per heavy atom. The zero-order valence-electron chi connectivity index (χ0n) is 8.84. The molecule has 0 saturated heterocycles. The number of aromatic nitrogens is 2. The number of hydrogen-bond acceptors (Lipinski definition) is 4. The first kappa shape index (κ1) is 12.7. The second-order valence-electron chi connectivity index (χ2n) is 3.31. The van der Waals surface area contributed by atoms with Gasteiger partial charge in [-0.1, -0.05) is 11.6 Å². The zero-order valence-corrected chi connectivity index (χ0v) is 10.4. The molecule has 0 atom stereocenters. The van der Waals surface area contributed by atoms with Crippen molar-refractivity contribution in [2.45, 2.75) is 4.90 Å². The third-order valence-corrected chi connectivity index (χ3v) is 3.52. The number of nitrogens with zero attached hydrogens (tertiary/aromatic N) is 2. The molecule has 0 amide bonds. The molecule has 0 saturated carbocycles. The lowest BCUT2D eigenvalue weighted by Gasteiger charge is -2.07. The molecule has 0 aliphatic rings. The third kappa shape index (κ3) is 2.93. The van der Waals surface area contributed by atoms with Gasteiger partial charge in [-0.15, -0.1) is 0 Å². The molecule has 8 heteroatoms. The van der Waals surface area contributed by atoms with Crippen molar-refractivity contribution in [3.63, 3.8) is 0 Å². The van der Waals surface area contributed by atoms with E-state index >= 15 is 0 Å². The lowest BCUT2D eigenvalue weighted by atomic mass is 10.4. The van der Waals surface area contributed by atoms with Crippen molar-refractivity contribution in [3.05, 3.63) is 47.8 Å². The van der Waals surface area contributed by atoms with E-state index in [9.17, 15) is 12.8 Å². The van der Waals surface area contributed by atoms with Crippen LogP contribution in [0.5, 0.6) is 0 Å². The average Bonchev–Trinajstić information content (AvgIpc) is 2.28. The van der Waals surface area contributed by atoms with Crippen LogP contribution in [0.25, 0.3) is 0 Å². The minimum Gasteiger partial charge on any atom is -0.279 e. The summed E-state index contributed by atoms with van der Waals surface area (Å²) in [6.45, 7) is 0. The molecule has 18 heavy (non-hydrogen) atoms. The van der Waals surface area contributed by atoms with E-state index in [0.29, 0.717) is 0 Å². The highest BCUT2D eigenvalue weighted by molar-refractivity contribution is 7.92. The van der Waals surface area contributed by atoms with Gasteiger partial charge in [0.25, 0.3) is 10.0 Å². The Morgan fingerprint density at radius 3 is 2.72 bits per heavy atom. The molecule has 0 aromatic carbocycles. The van der Waals surface area contributed by atoms with Gasteiger partial charge < -0.3 is 0 Å². The maximum atomic E-state index is 12.9. The van der Waals surface area contributed by atoms with Crippen LogP contribution < -0.4 is 4.72 Å². The summed E-state index contributed by atoms with van der Waals surface area (Å²) in [5.74, 6) is -0.731. The standard InChI is InChI=1S/C10H7ClFN3O2S/c11-10-4-8(1-2-14-10)15-18(16,17)9-3-7(12)5-13-6-9/h1-6H,(H,14,15). The number of pyridine rings is 2. The maximum absolute atomic E-state index is 12.9. The summed E-state index contributed by atoms with van der Waals surface area (Å²) in [6.07, 6.45) is 3.32. The fraction of sp³-hybridized carbons (Fsp3) is 0. The average molecular weight is 288 g/mol. The zero-order chi connectivity index (χ0) is 13.2. The van der Waals surface area contributed by atoms with E-state index in [1.54, 1.807) is 0 Å². The van der Waals surface area contributed by atoms with E-state index in [0.717, 1.165) is 18.5 Å². The molecule has 2 rings (SSSR count). The van der Waals surface area contributed by atoms with Gasteiger partial charge in [0.1, 0.15) is 15.9 Å². The van der Waals surface area contributed by atoms with Gasteiger partial charge in [-0.3, -0.25) is 9.71 Å². The van der Waals surface area contributed by atoms with Gasteiger partial charge in [0.15, 0.2) is 0 Å². The van der Waals surface area contributed by atoms with E-state index in [2.05, 4.69) is 14.7 Å². The summed E-state index contributed by atoms with van der Waals surface area (Å²) in [5, 5.41) is 0.146. The van der Waals surface area contributed by atoms with Crippen LogP contribution in [0.3, 0.4) is 0 Å². The topological polar surface area (TPSA) is 72.0 Å². The third-order valence-electron chi connectivity index (χ3n) is 1.97. The van der Waals surface area contributed by atoms with Gasteiger partial charge >= 0.3 is 0 Å². The monoisotopic (exact) mass is 287 g/mol. The Balaban J connectivity index is 2.33. The van der Waals surface area contributed by atoms with Crippen molar-refractivity contribution in [3.8, 4) is 0 Å². The summed E-state index contributed by atoms with van der Waals surface area (Å²) in [6, 6.07) is 3.64. The predicted octanol–water partition coefficient (Wildman–Crippen LogP) is 2.07. The van der Waals surface area contributed by atoms with Crippen molar-refractivity contribution in [1.82, 2.24) is 9.97 Å². The maximum Gasteiger partial charge on any atom is 0.263 e. The van der Waals surface area contributed by atoms with Crippen LogP contribution in [-0.2, 0) is 10.0 Å². The van der Waals surface area contributed by atoms with Crippen molar-refractivity contribution in [2.75, 3.05) is 4.72 Å². The Bertz CT molecular complexity index is 678. The molecule has 0 radical (unpaired) electrons. The lowest BCUT2D eigenvalue weighted by molar-refractivity contribution is 0.592. The number of sulfonamides is 1. The van der Waals surface area contributed by atoms with Gasteiger partial charge in [0, 0.05) is 12.4 Å². The first-order valence-electron chi connectivity index (χ1n) is 4.72. The largest absolute Gasteiger partial charge is 0.279 e. The first-order chi connectivity index (χ1) is 8.47. The molecule has 5 nitrogen and oxygen atoms in total. The van der Waals surface area contributed by atoms with Crippen LogP contribution in [0.1, 0.15) is 0 Å². The molecule has 0 fully saturated rings. The molecule has 2 heterocycles. The van der Waals surface area contributed by atoms with E-state index in [4.69, 9.17) is 11.6 Å². The Labute approximate surface area is 108 Å². The smallest absolute Gasteiger partial charge is 0.263 e.